The second-order valence-corrected chi connectivity index (χ2v) is 9.76. The van der Waals surface area contributed by atoms with Gasteiger partial charge in [0.15, 0.2) is 5.82 Å². The number of fused-ring (bicyclic) bond motifs is 1. The summed E-state index contributed by atoms with van der Waals surface area (Å²) in [6, 6.07) is 7.75. The third-order valence-electron chi connectivity index (χ3n) is 5.37. The van der Waals surface area contributed by atoms with E-state index in [-0.39, 0.29) is 18.3 Å². The normalized spacial score (nSPS) is 13.2. The molecule has 0 fully saturated rings. The predicted octanol–water partition coefficient (Wildman–Crippen LogP) is 4.54. The number of rotatable bonds is 8. The Morgan fingerprint density at radius 3 is 2.85 bits per heavy atom. The number of nitrogens with zero attached hydrogens (tertiary/aromatic N) is 2. The Hall–Kier alpha value is -2.85. The number of aromatic amines is 1. The van der Waals surface area contributed by atoms with Crippen molar-refractivity contribution in [3.8, 4) is 5.75 Å². The van der Waals surface area contributed by atoms with Gasteiger partial charge in [-0.05, 0) is 49.8 Å². The summed E-state index contributed by atoms with van der Waals surface area (Å²) in [6.45, 7) is 2.24. The number of aromatic nitrogens is 3. The Bertz CT molecular complexity index is 1140. The van der Waals surface area contributed by atoms with Gasteiger partial charge in [-0.1, -0.05) is 36.4 Å². The molecule has 1 aliphatic rings. The first kappa shape index (κ1) is 23.3. The number of thioether (sulfide) groups is 1. The summed E-state index contributed by atoms with van der Waals surface area (Å²) >= 11 is 2.70. The zero-order chi connectivity index (χ0) is 23.2. The van der Waals surface area contributed by atoms with Crippen LogP contribution in [0.5, 0.6) is 5.75 Å². The SMILES string of the molecule is COC(=O)c1c(NC(=O)CSc2n[nH]c(COc3ccccc3C)n2)sc2c1CCCCC2. The number of aryl methyl sites for hydroxylation is 2. The average Bonchev–Trinajstić information content (AvgIpc) is 3.33. The molecule has 0 saturated carbocycles. The van der Waals surface area contributed by atoms with Crippen molar-refractivity contribution in [1.29, 1.82) is 0 Å². The Labute approximate surface area is 200 Å². The van der Waals surface area contributed by atoms with E-state index in [1.807, 2.05) is 31.2 Å². The number of benzene rings is 1. The first-order valence-corrected chi connectivity index (χ1v) is 12.6. The molecular formula is C23H26N4O4S2. The van der Waals surface area contributed by atoms with Crippen molar-refractivity contribution in [1.82, 2.24) is 15.2 Å². The number of carbonyl (C=O) groups is 2. The number of thiophene rings is 1. The standard InChI is InChI=1S/C23H26N4O4S2/c1-14-8-6-7-10-16(14)31-12-18-24-23(27-26-18)32-13-19(28)25-21-20(22(29)30-2)15-9-4-3-5-11-17(15)33-21/h6-8,10H,3-5,9,11-13H2,1-2H3,(H,25,28)(H,24,26,27). The summed E-state index contributed by atoms with van der Waals surface area (Å²) in [7, 11) is 1.37. The molecule has 10 heteroatoms. The molecule has 8 nitrogen and oxygen atoms in total. The molecule has 0 atom stereocenters. The minimum atomic E-state index is -0.399. The van der Waals surface area contributed by atoms with Gasteiger partial charge in [0.1, 0.15) is 17.4 Å². The van der Waals surface area contributed by atoms with E-state index in [1.165, 1.54) is 35.1 Å². The molecular weight excluding hydrogens is 460 g/mol. The fourth-order valence-electron chi connectivity index (χ4n) is 3.71. The highest BCUT2D eigenvalue weighted by atomic mass is 32.2. The van der Waals surface area contributed by atoms with E-state index in [4.69, 9.17) is 9.47 Å². The molecule has 0 spiro atoms. The van der Waals surface area contributed by atoms with Crippen LogP contribution in [-0.2, 0) is 29.0 Å². The monoisotopic (exact) mass is 486 g/mol. The maximum absolute atomic E-state index is 12.6. The molecule has 1 aromatic carbocycles. The highest BCUT2D eigenvalue weighted by molar-refractivity contribution is 7.99. The van der Waals surface area contributed by atoms with Crippen molar-refractivity contribution in [3.63, 3.8) is 0 Å². The molecule has 2 aromatic heterocycles. The first-order valence-electron chi connectivity index (χ1n) is 10.8. The Kier molecular flexibility index (Phi) is 7.66. The number of hydrogen-bond donors (Lipinski definition) is 2. The number of amides is 1. The van der Waals surface area contributed by atoms with E-state index >= 15 is 0 Å². The maximum Gasteiger partial charge on any atom is 0.341 e. The number of H-pyrrole nitrogens is 1. The lowest BCUT2D eigenvalue weighted by Crippen LogP contribution is -2.16. The molecule has 4 rings (SSSR count). The summed E-state index contributed by atoms with van der Waals surface area (Å²) in [5.74, 6) is 0.877. The van der Waals surface area contributed by atoms with Crippen molar-refractivity contribution in [2.75, 3.05) is 18.2 Å². The number of methoxy groups -OCH3 is 1. The summed E-state index contributed by atoms with van der Waals surface area (Å²) in [4.78, 5) is 30.6. The minimum absolute atomic E-state index is 0.124. The van der Waals surface area contributed by atoms with Gasteiger partial charge in [0.25, 0.3) is 0 Å². The van der Waals surface area contributed by atoms with Crippen LogP contribution in [-0.4, -0.2) is 39.9 Å². The average molecular weight is 487 g/mol. The van der Waals surface area contributed by atoms with E-state index in [2.05, 4.69) is 20.5 Å². The number of esters is 1. The maximum atomic E-state index is 12.6. The lowest BCUT2D eigenvalue weighted by molar-refractivity contribution is -0.113. The van der Waals surface area contributed by atoms with Gasteiger partial charge in [-0.15, -0.1) is 16.4 Å². The second-order valence-electron chi connectivity index (χ2n) is 7.72. The molecule has 0 saturated heterocycles. The van der Waals surface area contributed by atoms with Crippen LogP contribution >= 0.6 is 23.1 Å². The molecule has 33 heavy (non-hydrogen) atoms. The number of para-hydroxylation sites is 1. The van der Waals surface area contributed by atoms with Crippen LogP contribution in [0.3, 0.4) is 0 Å². The zero-order valence-corrected chi connectivity index (χ0v) is 20.2. The van der Waals surface area contributed by atoms with E-state index in [0.717, 1.165) is 49.0 Å². The lowest BCUT2D eigenvalue weighted by atomic mass is 10.1. The molecule has 0 aliphatic heterocycles. The van der Waals surface area contributed by atoms with Gasteiger partial charge in [0, 0.05) is 4.88 Å². The number of nitrogens with one attached hydrogen (secondary N) is 2. The fourth-order valence-corrected chi connectivity index (χ4v) is 5.62. The third kappa shape index (κ3) is 5.75. The van der Waals surface area contributed by atoms with Gasteiger partial charge in [0.2, 0.25) is 11.1 Å². The first-order chi connectivity index (χ1) is 16.0. The van der Waals surface area contributed by atoms with E-state index in [9.17, 15) is 9.59 Å². The topological polar surface area (TPSA) is 106 Å². The van der Waals surface area contributed by atoms with Crippen molar-refractivity contribution >= 4 is 40.0 Å². The Morgan fingerprint density at radius 1 is 1.21 bits per heavy atom. The highest BCUT2D eigenvalue weighted by Gasteiger charge is 2.26. The third-order valence-corrected chi connectivity index (χ3v) is 7.42. The quantitative estimate of drug-likeness (QED) is 0.273. The largest absolute Gasteiger partial charge is 0.485 e. The Morgan fingerprint density at radius 2 is 2.03 bits per heavy atom. The van der Waals surface area contributed by atoms with Crippen LogP contribution < -0.4 is 10.1 Å². The minimum Gasteiger partial charge on any atom is -0.485 e. The van der Waals surface area contributed by atoms with Gasteiger partial charge < -0.3 is 14.8 Å². The predicted molar refractivity (Wildman–Crippen MR) is 128 cm³/mol. The number of ether oxygens (including phenoxy) is 2. The molecule has 2 N–H and O–H groups in total. The van der Waals surface area contributed by atoms with Crippen LogP contribution in [0.1, 0.15) is 51.4 Å². The molecule has 3 aromatic rings. The second kappa shape index (κ2) is 10.8. The van der Waals surface area contributed by atoms with Crippen LogP contribution in [0, 0.1) is 6.92 Å². The van der Waals surface area contributed by atoms with Crippen molar-refractivity contribution in [3.05, 3.63) is 51.7 Å². The van der Waals surface area contributed by atoms with E-state index < -0.39 is 5.97 Å². The van der Waals surface area contributed by atoms with E-state index in [1.54, 1.807) is 0 Å². The van der Waals surface area contributed by atoms with Gasteiger partial charge >= 0.3 is 5.97 Å². The highest BCUT2D eigenvalue weighted by Crippen LogP contribution is 2.38. The molecule has 0 bridgehead atoms. The van der Waals surface area contributed by atoms with Crippen LogP contribution in [0.25, 0.3) is 0 Å². The zero-order valence-electron chi connectivity index (χ0n) is 18.6. The fraction of sp³-hybridized carbons (Fsp3) is 0.391. The number of hydrogen-bond acceptors (Lipinski definition) is 8. The molecule has 2 heterocycles. The lowest BCUT2D eigenvalue weighted by Gasteiger charge is -2.07. The summed E-state index contributed by atoms with van der Waals surface area (Å²) in [6.07, 6.45) is 5.05. The van der Waals surface area contributed by atoms with Crippen LogP contribution in [0.4, 0.5) is 5.00 Å². The van der Waals surface area contributed by atoms with Gasteiger partial charge in [-0.25, -0.2) is 9.78 Å². The van der Waals surface area contributed by atoms with Gasteiger partial charge in [-0.3, -0.25) is 9.89 Å². The van der Waals surface area contributed by atoms with Gasteiger partial charge in [0.05, 0.1) is 18.4 Å². The molecule has 1 amide bonds. The number of carbonyl (C=O) groups excluding carboxylic acids is 2. The smallest absolute Gasteiger partial charge is 0.341 e. The number of anilines is 1. The molecule has 0 unspecified atom stereocenters. The summed E-state index contributed by atoms with van der Waals surface area (Å²) in [5, 5.41) is 10.9. The Balaban J connectivity index is 1.34. The van der Waals surface area contributed by atoms with Gasteiger partial charge in [-0.2, -0.15) is 0 Å². The van der Waals surface area contributed by atoms with Crippen LogP contribution in [0.2, 0.25) is 0 Å². The van der Waals surface area contributed by atoms with Crippen molar-refractivity contribution < 1.29 is 19.1 Å². The summed E-state index contributed by atoms with van der Waals surface area (Å²) < 4.78 is 10.8. The van der Waals surface area contributed by atoms with Crippen molar-refractivity contribution in [2.24, 2.45) is 0 Å². The van der Waals surface area contributed by atoms with Crippen LogP contribution in [0.15, 0.2) is 29.4 Å². The summed E-state index contributed by atoms with van der Waals surface area (Å²) in [5.41, 5.74) is 2.58. The molecule has 174 valence electrons. The van der Waals surface area contributed by atoms with Crippen molar-refractivity contribution in [2.45, 2.75) is 50.8 Å². The molecule has 0 radical (unpaired) electrons. The van der Waals surface area contributed by atoms with E-state index in [0.29, 0.717) is 21.5 Å². The molecule has 1 aliphatic carbocycles.